The topological polar surface area (TPSA) is 72.8 Å². The minimum atomic E-state index is -0.636. The summed E-state index contributed by atoms with van der Waals surface area (Å²) < 4.78 is 9.94. The average molecular weight is 393 g/mol. The SMILES string of the molecule is CCCCCCCC(OC(=O)CCl)C(O)CCCCCCCC(=O)OC. The van der Waals surface area contributed by atoms with Crippen LogP contribution in [0.5, 0.6) is 0 Å². The Morgan fingerprint density at radius 3 is 2.08 bits per heavy atom. The highest BCUT2D eigenvalue weighted by Crippen LogP contribution is 2.18. The van der Waals surface area contributed by atoms with Crippen LogP contribution in [0.4, 0.5) is 0 Å². The number of rotatable bonds is 17. The molecule has 0 aromatic heterocycles. The van der Waals surface area contributed by atoms with Crippen LogP contribution < -0.4 is 0 Å². The molecule has 0 spiro atoms. The molecule has 0 fully saturated rings. The van der Waals surface area contributed by atoms with Crippen molar-refractivity contribution >= 4 is 23.5 Å². The first-order valence-corrected chi connectivity index (χ1v) is 10.6. The molecule has 0 amide bonds. The molecule has 0 aliphatic heterocycles. The Kier molecular flexibility index (Phi) is 17.0. The summed E-state index contributed by atoms with van der Waals surface area (Å²) >= 11 is 5.52. The molecule has 0 aromatic carbocycles. The monoisotopic (exact) mass is 392 g/mol. The van der Waals surface area contributed by atoms with Gasteiger partial charge in [0.25, 0.3) is 0 Å². The van der Waals surface area contributed by atoms with E-state index in [1.807, 2.05) is 0 Å². The Morgan fingerprint density at radius 1 is 0.885 bits per heavy atom. The van der Waals surface area contributed by atoms with E-state index in [9.17, 15) is 14.7 Å². The largest absolute Gasteiger partial charge is 0.469 e. The van der Waals surface area contributed by atoms with E-state index in [2.05, 4.69) is 11.7 Å². The lowest BCUT2D eigenvalue weighted by atomic mass is 9.99. The highest BCUT2D eigenvalue weighted by molar-refractivity contribution is 6.26. The quantitative estimate of drug-likeness (QED) is 0.219. The lowest BCUT2D eigenvalue weighted by Crippen LogP contribution is -2.32. The molecule has 0 aliphatic carbocycles. The van der Waals surface area contributed by atoms with Crippen LogP contribution in [0, 0.1) is 0 Å². The summed E-state index contributed by atoms with van der Waals surface area (Å²) in [6.45, 7) is 2.17. The third-order valence-electron chi connectivity index (χ3n) is 4.52. The van der Waals surface area contributed by atoms with Crippen molar-refractivity contribution < 1.29 is 24.2 Å². The number of methoxy groups -OCH3 is 1. The molecule has 0 aliphatic rings. The number of ether oxygens (including phenoxy) is 2. The highest BCUT2D eigenvalue weighted by Gasteiger charge is 2.22. The van der Waals surface area contributed by atoms with Crippen LogP contribution in [0.25, 0.3) is 0 Å². The normalized spacial score (nSPS) is 13.2. The fourth-order valence-corrected chi connectivity index (χ4v) is 2.98. The van der Waals surface area contributed by atoms with Crippen molar-refractivity contribution in [1.29, 1.82) is 0 Å². The second-order valence-corrected chi connectivity index (χ2v) is 7.08. The summed E-state index contributed by atoms with van der Waals surface area (Å²) in [6, 6.07) is 0. The van der Waals surface area contributed by atoms with E-state index in [0.717, 1.165) is 44.9 Å². The molecule has 0 rings (SSSR count). The number of unbranched alkanes of at least 4 members (excludes halogenated alkanes) is 8. The van der Waals surface area contributed by atoms with Crippen molar-refractivity contribution in [3.8, 4) is 0 Å². The molecule has 0 saturated heterocycles. The van der Waals surface area contributed by atoms with Gasteiger partial charge in [-0.2, -0.15) is 0 Å². The molecule has 0 bridgehead atoms. The Hall–Kier alpha value is -0.810. The van der Waals surface area contributed by atoms with Crippen molar-refractivity contribution in [1.82, 2.24) is 0 Å². The number of alkyl halides is 1. The summed E-state index contributed by atoms with van der Waals surface area (Å²) in [6.07, 6.45) is 11.0. The van der Waals surface area contributed by atoms with E-state index in [1.165, 1.54) is 26.4 Å². The zero-order valence-electron chi connectivity index (χ0n) is 16.5. The third kappa shape index (κ3) is 14.4. The van der Waals surface area contributed by atoms with Crippen LogP contribution in [0.2, 0.25) is 0 Å². The van der Waals surface area contributed by atoms with Gasteiger partial charge in [-0.15, -0.1) is 11.6 Å². The van der Waals surface area contributed by atoms with Gasteiger partial charge in [0.1, 0.15) is 12.0 Å². The number of halogens is 1. The molecule has 6 heteroatoms. The number of aliphatic hydroxyl groups excluding tert-OH is 1. The number of hydrogen-bond acceptors (Lipinski definition) is 5. The number of hydrogen-bond donors (Lipinski definition) is 1. The molecule has 0 saturated carbocycles. The fraction of sp³-hybridized carbons (Fsp3) is 0.900. The maximum Gasteiger partial charge on any atom is 0.321 e. The summed E-state index contributed by atoms with van der Waals surface area (Å²) in [5.41, 5.74) is 0. The maximum absolute atomic E-state index is 11.5. The summed E-state index contributed by atoms with van der Waals surface area (Å²) in [4.78, 5) is 22.5. The summed E-state index contributed by atoms with van der Waals surface area (Å²) in [5.74, 6) is -0.811. The van der Waals surface area contributed by atoms with Gasteiger partial charge in [-0.05, 0) is 25.7 Å². The van der Waals surface area contributed by atoms with E-state index < -0.39 is 18.2 Å². The fourth-order valence-electron chi connectivity index (χ4n) is 2.92. The van der Waals surface area contributed by atoms with Gasteiger partial charge in [-0.1, -0.05) is 58.3 Å². The molecule has 154 valence electrons. The van der Waals surface area contributed by atoms with E-state index >= 15 is 0 Å². The molecule has 0 heterocycles. The van der Waals surface area contributed by atoms with Gasteiger partial charge in [0.05, 0.1) is 13.2 Å². The van der Waals surface area contributed by atoms with Gasteiger partial charge in [-0.3, -0.25) is 9.59 Å². The van der Waals surface area contributed by atoms with Crippen LogP contribution in [0.3, 0.4) is 0 Å². The standard InChI is InChI=1S/C20H37ClO5/c1-3-4-5-7-11-14-18(26-20(24)16-21)17(22)13-10-8-6-9-12-15-19(23)25-2/h17-18,22H,3-16H2,1-2H3. The Morgan fingerprint density at radius 2 is 1.46 bits per heavy atom. The number of carbonyl (C=O) groups excluding carboxylic acids is 2. The minimum Gasteiger partial charge on any atom is -0.469 e. The second-order valence-electron chi connectivity index (χ2n) is 6.81. The van der Waals surface area contributed by atoms with Crippen molar-refractivity contribution in [2.75, 3.05) is 13.0 Å². The van der Waals surface area contributed by atoms with Gasteiger partial charge in [0, 0.05) is 6.42 Å². The van der Waals surface area contributed by atoms with Crippen molar-refractivity contribution in [3.63, 3.8) is 0 Å². The zero-order chi connectivity index (χ0) is 19.6. The molecule has 0 aromatic rings. The van der Waals surface area contributed by atoms with Gasteiger partial charge in [0.15, 0.2) is 0 Å². The van der Waals surface area contributed by atoms with Crippen molar-refractivity contribution in [3.05, 3.63) is 0 Å². The summed E-state index contributed by atoms with van der Waals surface area (Å²) in [5, 5.41) is 10.4. The average Bonchev–Trinajstić information content (AvgIpc) is 2.65. The zero-order valence-corrected chi connectivity index (χ0v) is 17.3. The van der Waals surface area contributed by atoms with E-state index in [4.69, 9.17) is 16.3 Å². The molecule has 26 heavy (non-hydrogen) atoms. The number of carbonyl (C=O) groups is 2. The predicted molar refractivity (Wildman–Crippen MR) is 104 cm³/mol. The van der Waals surface area contributed by atoms with Gasteiger partial charge in [-0.25, -0.2) is 0 Å². The van der Waals surface area contributed by atoms with Gasteiger partial charge < -0.3 is 14.6 Å². The predicted octanol–water partition coefficient (Wildman–Crippen LogP) is 4.76. The van der Waals surface area contributed by atoms with E-state index in [-0.39, 0.29) is 11.8 Å². The summed E-state index contributed by atoms with van der Waals surface area (Å²) in [7, 11) is 1.40. The maximum atomic E-state index is 11.5. The first-order chi connectivity index (χ1) is 12.5. The van der Waals surface area contributed by atoms with Crippen LogP contribution in [-0.2, 0) is 19.1 Å². The molecular formula is C20H37ClO5. The Bertz CT molecular complexity index is 362. The molecule has 2 atom stereocenters. The second kappa shape index (κ2) is 17.6. The minimum absolute atomic E-state index is 0.164. The third-order valence-corrected chi connectivity index (χ3v) is 4.74. The van der Waals surface area contributed by atoms with Gasteiger partial charge >= 0.3 is 11.9 Å². The van der Waals surface area contributed by atoms with Crippen LogP contribution in [-0.4, -0.2) is 42.2 Å². The first-order valence-electron chi connectivity index (χ1n) is 10.0. The number of esters is 2. The molecule has 1 N–H and O–H groups in total. The van der Waals surface area contributed by atoms with E-state index in [0.29, 0.717) is 19.3 Å². The molecule has 0 radical (unpaired) electrons. The number of aliphatic hydroxyl groups is 1. The van der Waals surface area contributed by atoms with Crippen molar-refractivity contribution in [2.45, 2.75) is 103 Å². The molecule has 5 nitrogen and oxygen atoms in total. The smallest absolute Gasteiger partial charge is 0.321 e. The highest BCUT2D eigenvalue weighted by atomic mass is 35.5. The molecular weight excluding hydrogens is 356 g/mol. The van der Waals surface area contributed by atoms with Crippen LogP contribution in [0.15, 0.2) is 0 Å². The molecule has 2 unspecified atom stereocenters. The lowest BCUT2D eigenvalue weighted by Gasteiger charge is -2.23. The van der Waals surface area contributed by atoms with Gasteiger partial charge in [0.2, 0.25) is 0 Å². The van der Waals surface area contributed by atoms with Crippen LogP contribution >= 0.6 is 11.6 Å². The first kappa shape index (κ1) is 25.2. The van der Waals surface area contributed by atoms with Crippen LogP contribution in [0.1, 0.15) is 90.4 Å². The van der Waals surface area contributed by atoms with E-state index in [1.54, 1.807) is 0 Å². The Balaban J connectivity index is 3.98. The van der Waals surface area contributed by atoms with Crippen molar-refractivity contribution in [2.24, 2.45) is 0 Å². The Labute approximate surface area is 163 Å². The lowest BCUT2D eigenvalue weighted by molar-refractivity contribution is -0.152.